The average molecular weight is 423 g/mol. The van der Waals surface area contributed by atoms with Crippen LogP contribution in [0.1, 0.15) is 27.4 Å². The number of para-hydroxylation sites is 1. The Labute approximate surface area is 186 Å². The molecule has 0 N–H and O–H groups in total. The van der Waals surface area contributed by atoms with Crippen molar-refractivity contribution in [1.29, 1.82) is 0 Å². The molecule has 0 unspecified atom stereocenters. The van der Waals surface area contributed by atoms with Crippen molar-refractivity contribution in [2.75, 3.05) is 12.9 Å². The number of rotatable bonds is 5. The summed E-state index contributed by atoms with van der Waals surface area (Å²) in [6.45, 7) is 0. The van der Waals surface area contributed by atoms with Gasteiger partial charge in [-0.15, -0.1) is 0 Å². The molecule has 2 nitrogen and oxygen atoms in total. The first-order valence-corrected chi connectivity index (χ1v) is 11.3. The van der Waals surface area contributed by atoms with Gasteiger partial charge in [0.25, 0.3) is 0 Å². The van der Waals surface area contributed by atoms with Crippen LogP contribution in [0.5, 0.6) is 5.75 Å². The van der Waals surface area contributed by atoms with Gasteiger partial charge in [0.15, 0.2) is 0 Å². The Kier molecular flexibility index (Phi) is 5.35. The van der Waals surface area contributed by atoms with Gasteiger partial charge in [0, 0.05) is 22.8 Å². The van der Waals surface area contributed by atoms with Crippen LogP contribution in [0.15, 0.2) is 97.1 Å². The lowest BCUT2D eigenvalue weighted by Gasteiger charge is -2.13. The summed E-state index contributed by atoms with van der Waals surface area (Å²) in [5.74, 6) is 1.81. The van der Waals surface area contributed by atoms with Gasteiger partial charge in [-0.3, -0.25) is 4.79 Å². The van der Waals surface area contributed by atoms with Crippen molar-refractivity contribution in [2.45, 2.75) is 5.92 Å². The van der Waals surface area contributed by atoms with E-state index in [-0.39, 0.29) is 11.0 Å². The summed E-state index contributed by atoms with van der Waals surface area (Å²) >= 11 is 1.40. The number of benzene rings is 4. The zero-order chi connectivity index (χ0) is 21.2. The minimum Gasteiger partial charge on any atom is -0.496 e. The highest BCUT2D eigenvalue weighted by Gasteiger charge is 2.28. The molecule has 0 bridgehead atoms. The van der Waals surface area contributed by atoms with Crippen molar-refractivity contribution in [3.05, 3.63) is 114 Å². The van der Waals surface area contributed by atoms with Crippen LogP contribution in [-0.4, -0.2) is 18.0 Å². The highest BCUT2D eigenvalue weighted by atomic mass is 32.2. The molecule has 31 heavy (non-hydrogen) atoms. The normalized spacial score (nSPS) is 12.3. The van der Waals surface area contributed by atoms with Gasteiger partial charge in [-0.2, -0.15) is 0 Å². The van der Waals surface area contributed by atoms with Crippen molar-refractivity contribution in [1.82, 2.24) is 0 Å². The number of fused-ring (bicyclic) bond motifs is 3. The Morgan fingerprint density at radius 2 is 1.29 bits per heavy atom. The number of thioether (sulfide) groups is 1. The molecule has 0 atom stereocenters. The molecule has 4 aromatic carbocycles. The minimum atomic E-state index is 0.105. The van der Waals surface area contributed by atoms with Crippen molar-refractivity contribution in [3.8, 4) is 28.0 Å². The molecular weight excluding hydrogens is 400 g/mol. The Morgan fingerprint density at radius 3 is 1.90 bits per heavy atom. The minimum absolute atomic E-state index is 0.105. The summed E-state index contributed by atoms with van der Waals surface area (Å²) in [5, 5.41) is 0.105. The first-order chi connectivity index (χ1) is 15.3. The van der Waals surface area contributed by atoms with Crippen LogP contribution in [0.2, 0.25) is 0 Å². The van der Waals surface area contributed by atoms with Gasteiger partial charge in [-0.1, -0.05) is 90.6 Å². The number of methoxy groups -OCH3 is 1. The molecule has 0 spiro atoms. The molecule has 0 saturated heterocycles. The predicted molar refractivity (Wildman–Crippen MR) is 129 cm³/mol. The summed E-state index contributed by atoms with van der Waals surface area (Å²) < 4.78 is 5.46. The van der Waals surface area contributed by atoms with E-state index in [1.54, 1.807) is 7.11 Å². The van der Waals surface area contributed by atoms with Gasteiger partial charge in [0.2, 0.25) is 5.12 Å². The second-order valence-corrected chi connectivity index (χ2v) is 8.60. The van der Waals surface area contributed by atoms with Gasteiger partial charge in [-0.25, -0.2) is 0 Å². The van der Waals surface area contributed by atoms with E-state index in [1.165, 1.54) is 34.0 Å². The topological polar surface area (TPSA) is 26.3 Å². The van der Waals surface area contributed by atoms with Gasteiger partial charge >= 0.3 is 0 Å². The zero-order valence-electron chi connectivity index (χ0n) is 17.2. The van der Waals surface area contributed by atoms with Gasteiger partial charge in [-0.05, 0) is 46.0 Å². The third-order valence-corrected chi connectivity index (χ3v) is 6.88. The van der Waals surface area contributed by atoms with Crippen LogP contribution in [-0.2, 0) is 0 Å². The largest absolute Gasteiger partial charge is 0.496 e. The monoisotopic (exact) mass is 422 g/mol. The molecule has 0 saturated carbocycles. The molecule has 3 heteroatoms. The summed E-state index contributed by atoms with van der Waals surface area (Å²) in [4.78, 5) is 12.9. The van der Waals surface area contributed by atoms with Crippen LogP contribution < -0.4 is 4.74 Å². The third-order valence-electron chi connectivity index (χ3n) is 5.88. The fourth-order valence-electron chi connectivity index (χ4n) is 4.35. The molecule has 0 amide bonds. The summed E-state index contributed by atoms with van der Waals surface area (Å²) in [7, 11) is 1.67. The number of hydrogen-bond acceptors (Lipinski definition) is 3. The van der Waals surface area contributed by atoms with E-state index in [2.05, 4.69) is 48.5 Å². The predicted octanol–water partition coefficient (Wildman–Crippen LogP) is 7.05. The maximum atomic E-state index is 12.9. The van der Waals surface area contributed by atoms with Crippen LogP contribution >= 0.6 is 11.8 Å². The SMILES string of the molecule is COc1ccccc1-c1ccc(C(=O)SCC2c3ccccc3-c3ccccc32)cc1. The van der Waals surface area contributed by atoms with E-state index in [1.807, 2.05) is 48.5 Å². The molecule has 5 rings (SSSR count). The van der Waals surface area contributed by atoms with Gasteiger partial charge < -0.3 is 4.74 Å². The molecule has 0 fully saturated rings. The van der Waals surface area contributed by atoms with Crippen LogP contribution in [0.3, 0.4) is 0 Å². The van der Waals surface area contributed by atoms with Crippen molar-refractivity contribution < 1.29 is 9.53 Å². The molecule has 0 aliphatic heterocycles. The summed E-state index contributed by atoms with van der Waals surface area (Å²) in [6, 6.07) is 32.8. The molecule has 4 aromatic rings. The van der Waals surface area contributed by atoms with E-state index in [0.717, 1.165) is 28.2 Å². The van der Waals surface area contributed by atoms with E-state index in [0.29, 0.717) is 0 Å². The average Bonchev–Trinajstić information content (AvgIpc) is 3.16. The Bertz CT molecular complexity index is 1200. The molecule has 152 valence electrons. The van der Waals surface area contributed by atoms with Crippen molar-refractivity contribution >= 4 is 16.9 Å². The molecule has 1 aliphatic rings. The number of hydrogen-bond donors (Lipinski definition) is 0. The Hall–Kier alpha value is -3.30. The first-order valence-electron chi connectivity index (χ1n) is 10.3. The lowest BCUT2D eigenvalue weighted by Crippen LogP contribution is -2.03. The van der Waals surface area contributed by atoms with E-state index in [4.69, 9.17) is 4.74 Å². The highest BCUT2D eigenvalue weighted by molar-refractivity contribution is 8.14. The molecule has 0 heterocycles. The second-order valence-electron chi connectivity index (χ2n) is 7.60. The molecule has 1 aliphatic carbocycles. The quantitative estimate of drug-likeness (QED) is 0.345. The van der Waals surface area contributed by atoms with Crippen molar-refractivity contribution in [2.24, 2.45) is 0 Å². The van der Waals surface area contributed by atoms with Gasteiger partial charge in [0.1, 0.15) is 5.75 Å². The Morgan fingerprint density at radius 1 is 0.742 bits per heavy atom. The highest BCUT2D eigenvalue weighted by Crippen LogP contribution is 2.46. The Balaban J connectivity index is 1.34. The smallest absolute Gasteiger partial charge is 0.219 e. The number of carbonyl (C=O) groups excluding carboxylic acids is 1. The molecule has 0 aromatic heterocycles. The fraction of sp³-hybridized carbons (Fsp3) is 0.107. The number of ether oxygens (including phenoxy) is 1. The lowest BCUT2D eigenvalue weighted by atomic mass is 9.99. The lowest BCUT2D eigenvalue weighted by molar-refractivity contribution is 0.108. The number of carbonyl (C=O) groups is 1. The third kappa shape index (κ3) is 3.66. The maximum Gasteiger partial charge on any atom is 0.219 e. The van der Waals surface area contributed by atoms with Crippen molar-refractivity contribution in [3.63, 3.8) is 0 Å². The van der Waals surface area contributed by atoms with Crippen LogP contribution in [0.25, 0.3) is 22.3 Å². The summed E-state index contributed by atoms with van der Waals surface area (Å²) in [5.41, 5.74) is 8.00. The van der Waals surface area contributed by atoms with E-state index >= 15 is 0 Å². The van der Waals surface area contributed by atoms with E-state index < -0.39 is 0 Å². The van der Waals surface area contributed by atoms with E-state index in [9.17, 15) is 4.79 Å². The summed E-state index contributed by atoms with van der Waals surface area (Å²) in [6.07, 6.45) is 0. The first kappa shape index (κ1) is 19.7. The maximum absolute atomic E-state index is 12.9. The fourth-order valence-corrected chi connectivity index (χ4v) is 5.33. The van der Waals surface area contributed by atoms with Gasteiger partial charge in [0.05, 0.1) is 7.11 Å². The molecule has 0 radical (unpaired) electrons. The second kappa shape index (κ2) is 8.44. The zero-order valence-corrected chi connectivity index (χ0v) is 18.1. The van der Waals surface area contributed by atoms with Crippen LogP contribution in [0, 0.1) is 0 Å². The van der Waals surface area contributed by atoms with Crippen LogP contribution in [0.4, 0.5) is 0 Å². The molecular formula is C28H22O2S. The standard InChI is InChI=1S/C28H22O2S/c1-30-27-13-7-6-8-21(27)19-14-16-20(17-15-19)28(29)31-18-26-24-11-4-2-9-22(24)23-10-3-5-12-25(23)26/h2-17,26H,18H2,1H3.